The van der Waals surface area contributed by atoms with Crippen molar-refractivity contribution in [3.05, 3.63) is 34.6 Å². The normalized spacial score (nSPS) is 24.9. The first-order valence-electron chi connectivity index (χ1n) is 4.14. The molecule has 0 aromatic carbocycles. The molecular weight excluding hydrogens is 202 g/mol. The number of methoxy groups -OCH3 is 1. The lowest BCUT2D eigenvalue weighted by Crippen LogP contribution is -2.20. The maximum Gasteiger partial charge on any atom is 0.257 e. The second-order valence-corrected chi connectivity index (χ2v) is 3.42. The van der Waals surface area contributed by atoms with E-state index in [4.69, 9.17) is 16.3 Å². The lowest BCUT2D eigenvalue weighted by Gasteiger charge is -2.20. The molecule has 1 heterocycles. The van der Waals surface area contributed by atoms with E-state index >= 15 is 0 Å². The second kappa shape index (κ2) is 3.42. The van der Waals surface area contributed by atoms with Crippen LogP contribution in [0, 0.1) is 5.92 Å². The van der Waals surface area contributed by atoms with Crippen LogP contribution in [0.4, 0.5) is 0 Å². The van der Waals surface area contributed by atoms with E-state index in [0.717, 1.165) is 5.57 Å². The molecule has 1 unspecified atom stereocenters. The molecule has 0 fully saturated rings. The molecule has 0 spiro atoms. The summed E-state index contributed by atoms with van der Waals surface area (Å²) in [6.45, 7) is 0. The molecule has 0 saturated carbocycles. The number of ether oxygens (including phenoxy) is 1. The van der Waals surface area contributed by atoms with Crippen molar-refractivity contribution in [3.8, 4) is 0 Å². The largest absolute Gasteiger partial charge is 0.495 e. The van der Waals surface area contributed by atoms with Crippen molar-refractivity contribution in [3.63, 3.8) is 0 Å². The summed E-state index contributed by atoms with van der Waals surface area (Å²) >= 11 is 5.80. The van der Waals surface area contributed by atoms with E-state index in [-0.39, 0.29) is 11.8 Å². The molecule has 0 aromatic heterocycles. The van der Waals surface area contributed by atoms with Crippen LogP contribution in [-0.4, -0.2) is 19.2 Å². The molecule has 4 heteroatoms. The van der Waals surface area contributed by atoms with Crippen LogP contribution in [-0.2, 0) is 9.53 Å². The van der Waals surface area contributed by atoms with E-state index in [1.54, 1.807) is 25.3 Å². The zero-order valence-electron chi connectivity index (χ0n) is 7.53. The minimum Gasteiger partial charge on any atom is -0.495 e. The molecule has 72 valence electrons. The fourth-order valence-corrected chi connectivity index (χ4v) is 1.65. The Balaban J connectivity index is 2.48. The highest BCUT2D eigenvalue weighted by molar-refractivity contribution is 6.31. The number of hydrogen-bond donors (Lipinski definition) is 0. The van der Waals surface area contributed by atoms with Crippen molar-refractivity contribution >= 4 is 23.7 Å². The first kappa shape index (κ1) is 9.21. The van der Waals surface area contributed by atoms with Crippen molar-refractivity contribution in [1.82, 2.24) is 0 Å². The van der Waals surface area contributed by atoms with E-state index in [1.807, 2.05) is 0 Å². The minimum absolute atomic E-state index is 0.205. The summed E-state index contributed by atoms with van der Waals surface area (Å²) < 4.78 is 5.10. The highest BCUT2D eigenvalue weighted by atomic mass is 35.5. The Morgan fingerprint density at radius 1 is 1.50 bits per heavy atom. The summed E-state index contributed by atoms with van der Waals surface area (Å²) in [5.41, 5.74) is 0.817. The van der Waals surface area contributed by atoms with Crippen LogP contribution in [0.2, 0.25) is 0 Å². The molecule has 0 N–H and O–H groups in total. The quantitative estimate of drug-likeness (QED) is 0.661. The second-order valence-electron chi connectivity index (χ2n) is 2.98. The van der Waals surface area contributed by atoms with E-state index in [9.17, 15) is 4.79 Å². The van der Waals surface area contributed by atoms with Gasteiger partial charge in [0.2, 0.25) is 0 Å². The van der Waals surface area contributed by atoms with Gasteiger partial charge in [0.05, 0.1) is 19.2 Å². The van der Waals surface area contributed by atoms with Gasteiger partial charge in [-0.1, -0.05) is 17.7 Å². The molecule has 1 aliphatic carbocycles. The predicted molar refractivity (Wildman–Crippen MR) is 54.1 cm³/mol. The van der Waals surface area contributed by atoms with Crippen LogP contribution >= 0.6 is 11.6 Å². The van der Waals surface area contributed by atoms with E-state index < -0.39 is 0 Å². The summed E-state index contributed by atoms with van der Waals surface area (Å²) in [6.07, 6.45) is 6.63. The Morgan fingerprint density at radius 2 is 2.29 bits per heavy atom. The number of allylic oxidation sites excluding steroid dienone is 4. The van der Waals surface area contributed by atoms with Gasteiger partial charge in [-0.25, -0.2) is 4.99 Å². The number of carbonyl (C=O) groups is 1. The highest BCUT2D eigenvalue weighted by Crippen LogP contribution is 2.29. The van der Waals surface area contributed by atoms with Gasteiger partial charge < -0.3 is 4.74 Å². The van der Waals surface area contributed by atoms with E-state index in [2.05, 4.69) is 4.99 Å². The SMILES string of the molecule is COC1=C2C=CC(Cl)=CC2C(=O)N=C1. The molecular formula is C10H8ClNO2. The maximum atomic E-state index is 11.4. The summed E-state index contributed by atoms with van der Waals surface area (Å²) in [4.78, 5) is 15.1. The molecule has 2 aliphatic rings. The van der Waals surface area contributed by atoms with E-state index in [0.29, 0.717) is 10.8 Å². The minimum atomic E-state index is -0.382. The zero-order chi connectivity index (χ0) is 10.1. The van der Waals surface area contributed by atoms with Gasteiger partial charge in [0.25, 0.3) is 5.91 Å². The number of hydrogen-bond acceptors (Lipinski definition) is 2. The van der Waals surface area contributed by atoms with Crippen LogP contribution in [0.15, 0.2) is 39.6 Å². The van der Waals surface area contributed by atoms with Gasteiger partial charge in [-0.05, 0) is 12.2 Å². The Hall–Kier alpha value is -1.35. The molecule has 14 heavy (non-hydrogen) atoms. The summed E-state index contributed by atoms with van der Waals surface area (Å²) in [7, 11) is 1.55. The fourth-order valence-electron chi connectivity index (χ4n) is 1.46. The molecule has 1 aliphatic heterocycles. The van der Waals surface area contributed by atoms with Gasteiger partial charge in [-0.3, -0.25) is 4.79 Å². The first-order chi connectivity index (χ1) is 6.72. The summed E-state index contributed by atoms with van der Waals surface area (Å²) in [6, 6.07) is 0. The number of rotatable bonds is 1. The third-order valence-electron chi connectivity index (χ3n) is 2.16. The molecule has 2 rings (SSSR count). The molecule has 0 aromatic rings. The van der Waals surface area contributed by atoms with Crippen molar-refractivity contribution < 1.29 is 9.53 Å². The lowest BCUT2D eigenvalue weighted by molar-refractivity contribution is -0.119. The van der Waals surface area contributed by atoms with Crippen molar-refractivity contribution in [2.45, 2.75) is 0 Å². The predicted octanol–water partition coefficient (Wildman–Crippen LogP) is 1.81. The van der Waals surface area contributed by atoms with Gasteiger partial charge in [0.15, 0.2) is 0 Å². The van der Waals surface area contributed by atoms with Crippen LogP contribution < -0.4 is 0 Å². The summed E-state index contributed by atoms with van der Waals surface area (Å²) in [5, 5.41) is 0.555. The van der Waals surface area contributed by atoms with Gasteiger partial charge in [-0.15, -0.1) is 0 Å². The third-order valence-corrected chi connectivity index (χ3v) is 2.41. The number of aliphatic imine (C=N–C) groups is 1. The fraction of sp³-hybridized carbons (Fsp3) is 0.200. The van der Waals surface area contributed by atoms with Gasteiger partial charge in [0, 0.05) is 10.6 Å². The molecule has 0 saturated heterocycles. The molecule has 0 radical (unpaired) electrons. The highest BCUT2D eigenvalue weighted by Gasteiger charge is 2.27. The molecule has 3 nitrogen and oxygen atoms in total. The van der Waals surface area contributed by atoms with Gasteiger partial charge >= 0.3 is 0 Å². The molecule has 1 amide bonds. The zero-order valence-corrected chi connectivity index (χ0v) is 8.28. The number of amides is 1. The van der Waals surface area contributed by atoms with Crippen molar-refractivity contribution in [2.75, 3.05) is 7.11 Å². The van der Waals surface area contributed by atoms with Gasteiger partial charge in [-0.2, -0.15) is 0 Å². The standard InChI is InChI=1S/C10H8ClNO2/c1-14-9-5-12-10(13)8-4-6(11)2-3-7(8)9/h2-5,8H,1H3. The monoisotopic (exact) mass is 209 g/mol. The Bertz CT molecular complexity index is 404. The average molecular weight is 210 g/mol. The number of halogens is 1. The summed E-state index contributed by atoms with van der Waals surface area (Å²) in [5.74, 6) is 0.0296. The number of dihydropyridines is 1. The lowest BCUT2D eigenvalue weighted by atomic mass is 9.91. The van der Waals surface area contributed by atoms with Crippen LogP contribution in [0.3, 0.4) is 0 Å². The average Bonchev–Trinajstić information content (AvgIpc) is 2.19. The topological polar surface area (TPSA) is 38.7 Å². The smallest absolute Gasteiger partial charge is 0.257 e. The molecule has 0 bridgehead atoms. The number of carbonyl (C=O) groups excluding carboxylic acids is 1. The maximum absolute atomic E-state index is 11.4. The van der Waals surface area contributed by atoms with Crippen LogP contribution in [0.25, 0.3) is 0 Å². The molecule has 1 atom stereocenters. The number of nitrogens with zero attached hydrogens (tertiary/aromatic N) is 1. The third kappa shape index (κ3) is 1.40. The Morgan fingerprint density at radius 3 is 3.00 bits per heavy atom. The van der Waals surface area contributed by atoms with Crippen LogP contribution in [0.1, 0.15) is 0 Å². The Labute approximate surface area is 86.4 Å². The van der Waals surface area contributed by atoms with Crippen LogP contribution in [0.5, 0.6) is 0 Å². The van der Waals surface area contributed by atoms with Crippen molar-refractivity contribution in [2.24, 2.45) is 10.9 Å². The Kier molecular flexibility index (Phi) is 2.25. The first-order valence-corrected chi connectivity index (χ1v) is 4.51. The van der Waals surface area contributed by atoms with Crippen molar-refractivity contribution in [1.29, 1.82) is 0 Å². The van der Waals surface area contributed by atoms with Gasteiger partial charge in [0.1, 0.15) is 5.76 Å². The van der Waals surface area contributed by atoms with E-state index in [1.165, 1.54) is 6.21 Å². The number of fused-ring (bicyclic) bond motifs is 1.